The molecule has 0 saturated heterocycles. The maximum atomic E-state index is 11.4. The Kier molecular flexibility index (Phi) is 8.38. The van der Waals surface area contributed by atoms with Gasteiger partial charge in [-0.1, -0.05) is 38.7 Å². The Morgan fingerprint density at radius 3 is 2.40 bits per heavy atom. The van der Waals surface area contributed by atoms with Crippen LogP contribution in [-0.4, -0.2) is 0 Å². The van der Waals surface area contributed by atoms with Crippen LogP contribution in [-0.2, 0) is 0 Å². The van der Waals surface area contributed by atoms with Crippen molar-refractivity contribution >= 4 is 0 Å². The van der Waals surface area contributed by atoms with Crippen molar-refractivity contribution in [1.29, 1.82) is 0 Å². The molecule has 0 amide bonds. The van der Waals surface area contributed by atoms with Crippen molar-refractivity contribution in [2.45, 2.75) is 45.4 Å². The Bertz CT molecular complexity index is 76.8. The molecule has 0 radical (unpaired) electrons. The topological polar surface area (TPSA) is 0 Å². The van der Waals surface area contributed by atoms with E-state index in [1.54, 1.807) is 6.08 Å². The number of unbranched alkanes of at least 4 members (excludes halogenated alkanes) is 5. The average molecular weight is 144 g/mol. The van der Waals surface area contributed by atoms with Gasteiger partial charge in [0.25, 0.3) is 0 Å². The van der Waals surface area contributed by atoms with E-state index in [1.807, 2.05) is 0 Å². The van der Waals surface area contributed by atoms with Crippen LogP contribution >= 0.6 is 0 Å². The molecular weight excluding hydrogens is 127 g/mol. The first-order chi connectivity index (χ1) is 4.91. The van der Waals surface area contributed by atoms with Gasteiger partial charge in [-0.3, -0.25) is 0 Å². The first-order valence-corrected chi connectivity index (χ1v) is 4.17. The molecule has 60 valence electrons. The van der Waals surface area contributed by atoms with Crippen LogP contribution in [0.2, 0.25) is 0 Å². The van der Waals surface area contributed by atoms with Crippen molar-refractivity contribution in [1.82, 2.24) is 0 Å². The number of halogens is 1. The van der Waals surface area contributed by atoms with E-state index < -0.39 is 0 Å². The van der Waals surface area contributed by atoms with E-state index in [-0.39, 0.29) is 0 Å². The van der Waals surface area contributed by atoms with Crippen molar-refractivity contribution < 1.29 is 4.39 Å². The molecule has 10 heavy (non-hydrogen) atoms. The molecule has 0 heterocycles. The third-order valence-corrected chi connectivity index (χ3v) is 1.56. The molecule has 0 saturated carbocycles. The molecule has 0 unspecified atom stereocenters. The summed E-state index contributed by atoms with van der Waals surface area (Å²) in [4.78, 5) is 0. The third kappa shape index (κ3) is 7.67. The van der Waals surface area contributed by atoms with Gasteiger partial charge in [-0.2, -0.15) is 0 Å². The van der Waals surface area contributed by atoms with Gasteiger partial charge < -0.3 is 0 Å². The van der Waals surface area contributed by atoms with E-state index in [0.717, 1.165) is 12.8 Å². The van der Waals surface area contributed by atoms with Gasteiger partial charge in [0.15, 0.2) is 0 Å². The maximum absolute atomic E-state index is 11.4. The summed E-state index contributed by atoms with van der Waals surface area (Å²) in [5, 5.41) is 0. The minimum absolute atomic E-state index is 0.639. The first kappa shape index (κ1) is 9.67. The molecule has 0 aromatic rings. The van der Waals surface area contributed by atoms with Crippen molar-refractivity contribution in [3.05, 3.63) is 12.4 Å². The summed E-state index contributed by atoms with van der Waals surface area (Å²) >= 11 is 0. The van der Waals surface area contributed by atoms with Gasteiger partial charge in [-0.25, -0.2) is 4.39 Å². The molecule has 1 heteroatoms. The predicted octanol–water partition coefficient (Wildman–Crippen LogP) is 3.83. The number of hydrogen-bond acceptors (Lipinski definition) is 0. The van der Waals surface area contributed by atoms with E-state index in [1.165, 1.54) is 25.7 Å². The van der Waals surface area contributed by atoms with E-state index in [0.29, 0.717) is 6.33 Å². The Morgan fingerprint density at radius 2 is 1.80 bits per heavy atom. The number of rotatable bonds is 6. The lowest BCUT2D eigenvalue weighted by Gasteiger charge is -1.94. The second-order valence-electron chi connectivity index (χ2n) is 2.56. The summed E-state index contributed by atoms with van der Waals surface area (Å²) in [5.41, 5.74) is 0. The van der Waals surface area contributed by atoms with Crippen LogP contribution in [0.25, 0.3) is 0 Å². The standard InChI is InChI=1S/C9H17F/c1-2-3-4-5-6-7-8-9-10/h8-9H,2-7H2,1H3/b9-8+. The van der Waals surface area contributed by atoms with Crippen LogP contribution in [0, 0.1) is 0 Å². The highest BCUT2D eigenvalue weighted by Crippen LogP contribution is 2.04. The number of hydrogen-bond donors (Lipinski definition) is 0. The zero-order valence-corrected chi connectivity index (χ0v) is 6.78. The summed E-state index contributed by atoms with van der Waals surface area (Å²) in [6, 6.07) is 0. The molecule has 0 rings (SSSR count). The molecule has 0 nitrogen and oxygen atoms in total. The average Bonchev–Trinajstić information content (AvgIpc) is 1.97. The molecule has 0 aliphatic heterocycles. The van der Waals surface area contributed by atoms with Crippen molar-refractivity contribution in [2.24, 2.45) is 0 Å². The summed E-state index contributed by atoms with van der Waals surface area (Å²) < 4.78 is 11.4. The molecule has 0 aromatic heterocycles. The Labute approximate surface area is 63.1 Å². The van der Waals surface area contributed by atoms with E-state index >= 15 is 0 Å². The minimum atomic E-state index is 0.639. The monoisotopic (exact) mass is 144 g/mol. The fourth-order valence-electron chi connectivity index (χ4n) is 0.929. The summed E-state index contributed by atoms with van der Waals surface area (Å²) in [7, 11) is 0. The lowest BCUT2D eigenvalue weighted by Crippen LogP contribution is -1.75. The van der Waals surface area contributed by atoms with Crippen LogP contribution in [0.15, 0.2) is 12.4 Å². The van der Waals surface area contributed by atoms with Gasteiger partial charge in [0.2, 0.25) is 0 Å². The predicted molar refractivity (Wildman–Crippen MR) is 43.6 cm³/mol. The first-order valence-electron chi connectivity index (χ1n) is 4.17. The molecule has 0 N–H and O–H groups in total. The van der Waals surface area contributed by atoms with Crippen LogP contribution in [0.1, 0.15) is 45.4 Å². The quantitative estimate of drug-likeness (QED) is 0.497. The highest BCUT2D eigenvalue weighted by atomic mass is 19.1. The minimum Gasteiger partial charge on any atom is -0.216 e. The highest BCUT2D eigenvalue weighted by molar-refractivity contribution is 4.71. The molecule has 0 bridgehead atoms. The molecular formula is C9H17F. The summed E-state index contributed by atoms with van der Waals surface area (Å²) in [6.07, 6.45) is 9.42. The normalized spacial score (nSPS) is 11.0. The van der Waals surface area contributed by atoms with E-state index in [2.05, 4.69) is 6.92 Å². The summed E-state index contributed by atoms with van der Waals surface area (Å²) in [5.74, 6) is 0. The summed E-state index contributed by atoms with van der Waals surface area (Å²) in [6.45, 7) is 2.20. The van der Waals surface area contributed by atoms with Crippen LogP contribution in [0.3, 0.4) is 0 Å². The van der Waals surface area contributed by atoms with Crippen LogP contribution < -0.4 is 0 Å². The fraction of sp³-hybridized carbons (Fsp3) is 0.778. The van der Waals surface area contributed by atoms with Gasteiger partial charge >= 0.3 is 0 Å². The Balaban J connectivity index is 2.77. The second kappa shape index (κ2) is 8.67. The lowest BCUT2D eigenvalue weighted by atomic mass is 10.1. The van der Waals surface area contributed by atoms with Gasteiger partial charge in [0.05, 0.1) is 6.33 Å². The van der Waals surface area contributed by atoms with E-state index in [9.17, 15) is 4.39 Å². The van der Waals surface area contributed by atoms with Crippen LogP contribution in [0.5, 0.6) is 0 Å². The zero-order valence-electron chi connectivity index (χ0n) is 6.78. The van der Waals surface area contributed by atoms with Gasteiger partial charge in [0, 0.05) is 0 Å². The molecule has 0 aromatic carbocycles. The van der Waals surface area contributed by atoms with Crippen molar-refractivity contribution in [2.75, 3.05) is 0 Å². The van der Waals surface area contributed by atoms with Crippen molar-refractivity contribution in [3.8, 4) is 0 Å². The fourth-order valence-corrected chi connectivity index (χ4v) is 0.929. The highest BCUT2D eigenvalue weighted by Gasteiger charge is 1.85. The molecule has 0 atom stereocenters. The second-order valence-corrected chi connectivity index (χ2v) is 2.56. The smallest absolute Gasteiger partial charge is 0.0827 e. The SMILES string of the molecule is CCCCCCC/C=C/F. The lowest BCUT2D eigenvalue weighted by molar-refractivity contribution is 0.632. The van der Waals surface area contributed by atoms with Crippen LogP contribution in [0.4, 0.5) is 4.39 Å². The Hall–Kier alpha value is -0.330. The van der Waals surface area contributed by atoms with Gasteiger partial charge in [-0.05, 0) is 12.8 Å². The van der Waals surface area contributed by atoms with Gasteiger partial charge in [-0.15, -0.1) is 0 Å². The number of allylic oxidation sites excluding steroid dienone is 1. The molecule has 0 spiro atoms. The largest absolute Gasteiger partial charge is 0.216 e. The Morgan fingerprint density at radius 1 is 1.10 bits per heavy atom. The van der Waals surface area contributed by atoms with E-state index in [4.69, 9.17) is 0 Å². The van der Waals surface area contributed by atoms with Crippen molar-refractivity contribution in [3.63, 3.8) is 0 Å². The maximum Gasteiger partial charge on any atom is 0.0827 e. The van der Waals surface area contributed by atoms with Gasteiger partial charge in [0.1, 0.15) is 0 Å². The molecule has 0 fully saturated rings. The molecule has 0 aliphatic carbocycles. The third-order valence-electron chi connectivity index (χ3n) is 1.56. The molecule has 0 aliphatic rings. The zero-order chi connectivity index (χ0) is 7.66.